The van der Waals surface area contributed by atoms with E-state index in [1.54, 1.807) is 24.0 Å². The van der Waals surface area contributed by atoms with Crippen molar-refractivity contribution >= 4 is 23.7 Å². The molecule has 4 heterocycles. The third-order valence-electron chi connectivity index (χ3n) is 9.59. The van der Waals surface area contributed by atoms with Gasteiger partial charge in [0.2, 0.25) is 17.7 Å². The normalized spacial score (nSPS) is 31.9. The fourth-order valence-corrected chi connectivity index (χ4v) is 8.04. The molecule has 10 heteroatoms. The number of ether oxygens (including phenoxy) is 2. The number of nitrogens with one attached hydrogen (secondary N) is 1. The summed E-state index contributed by atoms with van der Waals surface area (Å²) in [5.41, 5.74) is -1.27. The number of allylic oxidation sites excluding steroid dienone is 1. The highest BCUT2D eigenvalue weighted by Gasteiger charge is 2.74. The van der Waals surface area contributed by atoms with E-state index in [0.29, 0.717) is 19.3 Å². The molecule has 0 aliphatic carbocycles. The standard InChI is InChI=1S/C36H49N3O7/c1-23-20-37-27(41)15-11-8-12-18-38(35(5,6)22-34(2,3)4)32(43)30-36-17-16-26(46-36)28(33(44)45-23)29(36)31(42)39(30)25(21-40)19-24-13-9-7-10-14-24/h7-10,12-14,16-17,23,25-26,28-30,40H,11,15,18-22H2,1-6H3,(H,37,41)/b12-8-/t23-,25-,26+,28-,29-,30+,36-/m1/s1. The van der Waals surface area contributed by atoms with Crippen molar-refractivity contribution in [3.63, 3.8) is 0 Å². The first-order valence-corrected chi connectivity index (χ1v) is 16.5. The Hall–Kier alpha value is -3.50. The Bertz CT molecular complexity index is 1380. The summed E-state index contributed by atoms with van der Waals surface area (Å²) >= 11 is 0. The van der Waals surface area contributed by atoms with E-state index in [-0.39, 0.29) is 43.3 Å². The van der Waals surface area contributed by atoms with Crippen LogP contribution < -0.4 is 5.32 Å². The smallest absolute Gasteiger partial charge is 0.313 e. The molecule has 10 nitrogen and oxygen atoms in total. The van der Waals surface area contributed by atoms with Crippen molar-refractivity contribution in [2.75, 3.05) is 19.7 Å². The molecular weight excluding hydrogens is 586 g/mol. The summed E-state index contributed by atoms with van der Waals surface area (Å²) in [6.07, 6.45) is 7.68. The lowest BCUT2D eigenvalue weighted by Crippen LogP contribution is -2.62. The number of benzene rings is 1. The molecule has 1 aromatic carbocycles. The number of amides is 3. The fourth-order valence-electron chi connectivity index (χ4n) is 8.04. The van der Waals surface area contributed by atoms with Gasteiger partial charge in [-0.15, -0.1) is 0 Å². The largest absolute Gasteiger partial charge is 0.460 e. The van der Waals surface area contributed by atoms with E-state index in [4.69, 9.17) is 9.47 Å². The Morgan fingerprint density at radius 3 is 2.43 bits per heavy atom. The summed E-state index contributed by atoms with van der Waals surface area (Å²) < 4.78 is 12.3. The molecule has 4 aliphatic heterocycles. The second-order valence-electron chi connectivity index (χ2n) is 15.0. The quantitative estimate of drug-likeness (QED) is 0.363. The maximum Gasteiger partial charge on any atom is 0.313 e. The molecule has 1 spiro atoms. The van der Waals surface area contributed by atoms with E-state index in [2.05, 4.69) is 26.1 Å². The third kappa shape index (κ3) is 6.51. The van der Waals surface area contributed by atoms with Crippen molar-refractivity contribution in [2.24, 2.45) is 17.3 Å². The molecule has 2 saturated heterocycles. The number of fused-ring (bicyclic) bond motifs is 2. The molecule has 5 bridgehead atoms. The minimum atomic E-state index is -1.40. The molecule has 0 saturated carbocycles. The molecule has 4 aliphatic rings. The summed E-state index contributed by atoms with van der Waals surface area (Å²) in [5, 5.41) is 13.6. The van der Waals surface area contributed by atoms with E-state index in [1.807, 2.05) is 56.3 Å². The van der Waals surface area contributed by atoms with Crippen LogP contribution in [0.25, 0.3) is 0 Å². The van der Waals surface area contributed by atoms with Crippen molar-refractivity contribution in [1.82, 2.24) is 15.1 Å². The average Bonchev–Trinajstić information content (AvgIpc) is 3.62. The molecule has 2 N–H and O–H groups in total. The van der Waals surface area contributed by atoms with Crippen molar-refractivity contribution in [3.05, 3.63) is 60.2 Å². The SMILES string of the molecule is C[C@@H]1CNC(=O)CC/C=C\CN(C(C)(C)CC(C)(C)C)C(=O)[C@@H]2N([C@@H](CO)Cc3ccccc3)C(=O)[C@H]3[C@H](C(=O)O1)[C@@H]1C=C[C@]23O1. The lowest BCUT2D eigenvalue weighted by atomic mass is 9.74. The molecule has 1 aromatic rings. The average molecular weight is 636 g/mol. The number of hydrogen-bond acceptors (Lipinski definition) is 7. The predicted molar refractivity (Wildman–Crippen MR) is 172 cm³/mol. The molecule has 7 atom stereocenters. The van der Waals surface area contributed by atoms with Crippen molar-refractivity contribution in [2.45, 2.75) is 103 Å². The van der Waals surface area contributed by atoms with Crippen LogP contribution in [0.4, 0.5) is 0 Å². The Morgan fingerprint density at radius 2 is 1.76 bits per heavy atom. The van der Waals surface area contributed by atoms with E-state index in [9.17, 15) is 19.5 Å². The van der Waals surface area contributed by atoms with E-state index in [1.165, 1.54) is 4.90 Å². The number of aliphatic hydroxyl groups excluding tert-OH is 1. The first-order valence-electron chi connectivity index (χ1n) is 16.5. The second-order valence-corrected chi connectivity index (χ2v) is 15.0. The summed E-state index contributed by atoms with van der Waals surface area (Å²) in [6, 6.07) is 7.69. The van der Waals surface area contributed by atoms with Gasteiger partial charge in [0.1, 0.15) is 23.7 Å². The van der Waals surface area contributed by atoms with Gasteiger partial charge in [0, 0.05) is 18.5 Å². The highest BCUT2D eigenvalue weighted by Crippen LogP contribution is 2.56. The molecule has 2 fully saturated rings. The number of aliphatic hydroxyl groups is 1. The maximum atomic E-state index is 15.2. The zero-order valence-corrected chi connectivity index (χ0v) is 27.9. The van der Waals surface area contributed by atoms with Gasteiger partial charge < -0.3 is 29.7 Å². The Kier molecular flexibility index (Phi) is 9.53. The number of nitrogens with zero attached hydrogens (tertiary/aromatic N) is 2. The molecule has 250 valence electrons. The molecule has 5 rings (SSSR count). The van der Waals surface area contributed by atoms with E-state index in [0.717, 1.165) is 5.56 Å². The summed E-state index contributed by atoms with van der Waals surface area (Å²) in [4.78, 5) is 59.4. The fraction of sp³-hybridized carbons (Fsp3) is 0.611. The number of rotatable bonds is 6. The zero-order chi connectivity index (χ0) is 33.4. The van der Waals surface area contributed by atoms with E-state index >= 15 is 4.79 Å². The van der Waals surface area contributed by atoms with Gasteiger partial charge in [-0.2, -0.15) is 0 Å². The van der Waals surface area contributed by atoms with Crippen molar-refractivity contribution in [3.8, 4) is 0 Å². The van der Waals surface area contributed by atoms with Crippen molar-refractivity contribution in [1.29, 1.82) is 0 Å². The molecule has 0 unspecified atom stereocenters. The van der Waals surface area contributed by atoms with Crippen molar-refractivity contribution < 1.29 is 33.8 Å². The van der Waals surface area contributed by atoms with Gasteiger partial charge in [-0.25, -0.2) is 0 Å². The van der Waals surface area contributed by atoms with E-state index < -0.39 is 59.1 Å². The monoisotopic (exact) mass is 635 g/mol. The molecule has 3 amide bonds. The number of esters is 1. The van der Waals surface area contributed by atoms with Crippen LogP contribution in [0.2, 0.25) is 0 Å². The van der Waals surface area contributed by atoms with Crippen LogP contribution in [0.3, 0.4) is 0 Å². The lowest BCUT2D eigenvalue weighted by molar-refractivity contribution is -0.160. The Labute approximate surface area is 272 Å². The van der Waals surface area contributed by atoms with Crippen LogP contribution in [-0.4, -0.2) is 93.7 Å². The minimum absolute atomic E-state index is 0.125. The van der Waals surface area contributed by atoms with Gasteiger partial charge in [-0.1, -0.05) is 75.4 Å². The molecule has 46 heavy (non-hydrogen) atoms. The lowest BCUT2D eigenvalue weighted by Gasteiger charge is -2.46. The summed E-state index contributed by atoms with van der Waals surface area (Å²) in [5.74, 6) is -3.47. The summed E-state index contributed by atoms with van der Waals surface area (Å²) in [6.45, 7) is 12.1. The number of carbonyl (C=O) groups excluding carboxylic acids is 4. The number of cyclic esters (lactones) is 1. The first-order chi connectivity index (χ1) is 21.7. The van der Waals surface area contributed by atoms with Gasteiger partial charge in [0.25, 0.3) is 0 Å². The van der Waals surface area contributed by atoms with Crippen LogP contribution in [0, 0.1) is 17.3 Å². The van der Waals surface area contributed by atoms with Gasteiger partial charge >= 0.3 is 5.97 Å². The first kappa shape index (κ1) is 33.9. The van der Waals surface area contributed by atoms with Crippen LogP contribution >= 0.6 is 0 Å². The molecule has 0 radical (unpaired) electrons. The minimum Gasteiger partial charge on any atom is -0.460 e. The predicted octanol–water partition coefficient (Wildman–Crippen LogP) is 3.18. The topological polar surface area (TPSA) is 125 Å². The molecular formula is C36H49N3O7. The molecule has 0 aromatic heterocycles. The number of hydrogen-bond donors (Lipinski definition) is 2. The highest BCUT2D eigenvalue weighted by atomic mass is 16.6. The third-order valence-corrected chi connectivity index (χ3v) is 9.59. The van der Waals surface area contributed by atoms with Gasteiger partial charge in [-0.3, -0.25) is 19.2 Å². The highest BCUT2D eigenvalue weighted by molar-refractivity contribution is 5.99. The maximum absolute atomic E-state index is 15.2. The van der Waals surface area contributed by atoms with Gasteiger partial charge in [0.15, 0.2) is 0 Å². The van der Waals surface area contributed by atoms with Crippen LogP contribution in [0.1, 0.15) is 66.4 Å². The van der Waals surface area contributed by atoms with Gasteiger partial charge in [0.05, 0.1) is 31.2 Å². The number of likely N-dealkylation sites (tertiary alicyclic amines) is 1. The number of carbonyl (C=O) groups is 4. The zero-order valence-electron chi connectivity index (χ0n) is 27.9. The van der Waals surface area contributed by atoms with Crippen LogP contribution in [0.5, 0.6) is 0 Å². The Balaban J connectivity index is 1.63. The summed E-state index contributed by atoms with van der Waals surface area (Å²) in [7, 11) is 0. The van der Waals surface area contributed by atoms with Crippen LogP contribution in [0.15, 0.2) is 54.6 Å². The van der Waals surface area contributed by atoms with Gasteiger partial charge in [-0.05, 0) is 51.0 Å². The second kappa shape index (κ2) is 13.0. The van der Waals surface area contributed by atoms with Crippen LogP contribution in [-0.2, 0) is 35.1 Å². The Morgan fingerprint density at radius 1 is 1.04 bits per heavy atom.